The molecule has 2 heterocycles. The average Bonchev–Trinajstić information content (AvgIpc) is 1.55. The van der Waals surface area contributed by atoms with Crippen LogP contribution in [0.15, 0.2) is 322 Å². The second-order valence-electron chi connectivity index (χ2n) is 28.2. The van der Waals surface area contributed by atoms with Crippen LogP contribution in [0.3, 0.4) is 0 Å². The third-order valence-corrected chi connectivity index (χ3v) is 22.4. The zero-order valence-electron chi connectivity index (χ0n) is 58.1. The third-order valence-electron chi connectivity index (χ3n) is 22.4. The number of halogens is 2. The van der Waals surface area contributed by atoms with Crippen LogP contribution in [0.25, 0.3) is 49.4 Å². The van der Waals surface area contributed by atoms with E-state index in [9.17, 15) is 0 Å². The van der Waals surface area contributed by atoms with Gasteiger partial charge in [-0.25, -0.2) is 8.78 Å². The van der Waals surface area contributed by atoms with Crippen LogP contribution in [0.2, 0.25) is 0 Å². The van der Waals surface area contributed by atoms with Gasteiger partial charge in [0.25, 0.3) is 0 Å². The van der Waals surface area contributed by atoms with Crippen molar-refractivity contribution in [3.05, 3.63) is 378 Å². The summed E-state index contributed by atoms with van der Waals surface area (Å²) in [4.78, 5) is 4.30. The van der Waals surface area contributed by atoms with Crippen LogP contribution in [0.1, 0.15) is 78.1 Å². The highest BCUT2D eigenvalue weighted by Gasteiger charge is 2.49. The first-order chi connectivity index (χ1) is 50.5. The summed E-state index contributed by atoms with van der Waals surface area (Å²) in [6.45, 7) is 15.0. The average molecular weight is 1350 g/mol. The highest BCUT2D eigenvalue weighted by atomic mass is 19.1. The van der Waals surface area contributed by atoms with E-state index in [1.807, 2.05) is 18.2 Å². The van der Waals surface area contributed by atoms with E-state index in [2.05, 4.69) is 292 Å². The molecule has 2 aliphatic heterocycles. The lowest BCUT2D eigenvalue weighted by Crippen LogP contribution is -2.46. The van der Waals surface area contributed by atoms with Crippen LogP contribution < -0.4 is 19.3 Å². The smallest absolute Gasteiger partial charge is 0.125 e. The van der Waals surface area contributed by atoms with E-state index in [0.717, 1.165) is 141 Å². The van der Waals surface area contributed by atoms with Gasteiger partial charge in [-0.05, 0) is 241 Å². The number of fused-ring (bicyclic) bond motifs is 6. The lowest BCUT2D eigenvalue weighted by Gasteiger charge is -2.40. The minimum Gasteiger partial charge on any atom is -0.493 e. The molecule has 6 nitrogen and oxygen atoms in total. The minimum atomic E-state index is -0.827. The zero-order chi connectivity index (χ0) is 69.9. The van der Waals surface area contributed by atoms with Crippen LogP contribution >= 0.6 is 0 Å². The van der Waals surface area contributed by atoms with E-state index in [-0.39, 0.29) is 22.5 Å². The van der Waals surface area contributed by atoms with Crippen molar-refractivity contribution in [2.24, 2.45) is 10.8 Å². The van der Waals surface area contributed by atoms with Gasteiger partial charge in [-0.15, -0.1) is 0 Å². The molecule has 4 aliphatic rings. The van der Waals surface area contributed by atoms with Gasteiger partial charge >= 0.3 is 0 Å². The third kappa shape index (κ3) is 11.1. The highest BCUT2D eigenvalue weighted by molar-refractivity contribution is 5.96. The molecule has 0 radical (unpaired) electrons. The van der Waals surface area contributed by atoms with Gasteiger partial charge in [-0.3, -0.25) is 0 Å². The van der Waals surface area contributed by atoms with Crippen molar-refractivity contribution in [3.63, 3.8) is 0 Å². The van der Waals surface area contributed by atoms with Gasteiger partial charge < -0.3 is 28.7 Å². The summed E-state index contributed by atoms with van der Waals surface area (Å²) in [5.74, 6) is 0.950. The fraction of sp³-hybridized carbons (Fsp3) is 0.158. The predicted octanol–water partition coefficient (Wildman–Crippen LogP) is 23.7. The molecule has 506 valence electrons. The van der Waals surface area contributed by atoms with Crippen LogP contribution in [0.4, 0.5) is 42.9 Å². The van der Waals surface area contributed by atoms with Gasteiger partial charge in [0.15, 0.2) is 0 Å². The maximum Gasteiger partial charge on any atom is 0.125 e. The zero-order valence-corrected chi connectivity index (χ0v) is 58.1. The Morgan fingerprint density at radius 3 is 1.27 bits per heavy atom. The van der Waals surface area contributed by atoms with Gasteiger partial charge in [0, 0.05) is 34.1 Å². The number of nitrogens with zero attached hydrogens (tertiary/aromatic N) is 2. The molecule has 0 aromatic heterocycles. The molecule has 0 amide bonds. The normalized spacial score (nSPS) is 17.5. The summed E-state index contributed by atoms with van der Waals surface area (Å²) in [5.41, 5.74) is 18.5. The topological polar surface area (TPSA) is 43.4 Å². The quantitative estimate of drug-likeness (QED) is 0.0714. The molecule has 2 aliphatic carbocycles. The molecule has 0 N–H and O–H groups in total. The molecular weight excluding hydrogens is 1270 g/mol. The Bertz CT molecular complexity index is 5450. The molecular formula is C95H78F2N2O4. The highest BCUT2D eigenvalue weighted by Crippen LogP contribution is 2.60. The van der Waals surface area contributed by atoms with E-state index < -0.39 is 10.8 Å². The van der Waals surface area contributed by atoms with Crippen molar-refractivity contribution in [1.29, 1.82) is 0 Å². The number of allylic oxidation sites excluding steroid dienone is 5. The molecule has 17 rings (SSSR count). The summed E-state index contributed by atoms with van der Waals surface area (Å²) < 4.78 is 56.1. The van der Waals surface area contributed by atoms with E-state index in [4.69, 9.17) is 18.9 Å². The Labute approximate surface area is 601 Å². The van der Waals surface area contributed by atoms with Crippen LogP contribution in [0.5, 0.6) is 11.5 Å². The summed E-state index contributed by atoms with van der Waals surface area (Å²) in [5, 5.41) is 4.60. The van der Waals surface area contributed by atoms with Gasteiger partial charge in [-0.2, -0.15) is 0 Å². The van der Waals surface area contributed by atoms with Crippen molar-refractivity contribution in [3.8, 4) is 33.8 Å². The van der Waals surface area contributed by atoms with Crippen LogP contribution in [0, 0.1) is 22.5 Å². The minimum absolute atomic E-state index is 0.0220. The SMILES string of the molecule is C=CC1=C(/C=C\C)C(c2ccc(OCC3(CC)COC3)cc2)(c2ccc3ccccc3c2)c2cc(N(c3ccc(-c4ccc(N(c5cccc(F)c5)c5ccc6c(c5)C(c5ccc(OCC7(CC)COC7)cc5)(c5ccc7ccccc7c5)c5ccccc5-6)cc4)cc3)c3cccc(F)c3)ccc21. The predicted molar refractivity (Wildman–Crippen MR) is 416 cm³/mol. The largest absolute Gasteiger partial charge is 0.493 e. The van der Waals surface area contributed by atoms with Gasteiger partial charge in [0.05, 0.1) is 61.3 Å². The van der Waals surface area contributed by atoms with E-state index in [0.29, 0.717) is 51.0 Å². The van der Waals surface area contributed by atoms with Crippen molar-refractivity contribution in [2.75, 3.05) is 49.4 Å². The first-order valence-electron chi connectivity index (χ1n) is 35.9. The first kappa shape index (κ1) is 64.9. The maximum absolute atomic E-state index is 15.8. The molecule has 8 heteroatoms. The fourth-order valence-corrected chi connectivity index (χ4v) is 16.5. The summed E-state index contributed by atoms with van der Waals surface area (Å²) in [6.07, 6.45) is 8.32. The molecule has 2 saturated heterocycles. The molecule has 0 bridgehead atoms. The Morgan fingerprint density at radius 1 is 0.388 bits per heavy atom. The molecule has 2 fully saturated rings. The molecule has 13 aromatic carbocycles. The van der Waals surface area contributed by atoms with E-state index in [1.165, 1.54) is 17.7 Å². The van der Waals surface area contributed by atoms with E-state index in [1.54, 1.807) is 24.3 Å². The van der Waals surface area contributed by atoms with Gasteiger partial charge in [-0.1, -0.05) is 209 Å². The number of rotatable bonds is 21. The lowest BCUT2D eigenvalue weighted by molar-refractivity contribution is -0.133. The first-order valence-corrected chi connectivity index (χ1v) is 35.9. The van der Waals surface area contributed by atoms with Crippen molar-refractivity contribution >= 4 is 61.2 Å². The summed E-state index contributed by atoms with van der Waals surface area (Å²) in [7, 11) is 0. The Balaban J connectivity index is 0.749. The number of hydrogen-bond donors (Lipinski definition) is 0. The van der Waals surface area contributed by atoms with Crippen molar-refractivity contribution < 1.29 is 27.7 Å². The Morgan fingerprint density at radius 2 is 0.806 bits per heavy atom. The molecule has 0 spiro atoms. The van der Waals surface area contributed by atoms with Gasteiger partial charge in [0.2, 0.25) is 0 Å². The Hall–Kier alpha value is -11.4. The van der Waals surface area contributed by atoms with Crippen molar-refractivity contribution in [1.82, 2.24) is 0 Å². The van der Waals surface area contributed by atoms with Crippen molar-refractivity contribution in [2.45, 2.75) is 44.4 Å². The van der Waals surface area contributed by atoms with Gasteiger partial charge in [0.1, 0.15) is 23.1 Å². The molecule has 13 aromatic rings. The maximum atomic E-state index is 15.8. The number of benzene rings is 13. The molecule has 0 saturated carbocycles. The second-order valence-corrected chi connectivity index (χ2v) is 28.2. The summed E-state index contributed by atoms with van der Waals surface area (Å²) in [6, 6.07) is 101. The Kier molecular flexibility index (Phi) is 16.7. The monoisotopic (exact) mass is 1350 g/mol. The molecule has 2 unspecified atom stereocenters. The number of anilines is 6. The fourth-order valence-electron chi connectivity index (χ4n) is 16.5. The van der Waals surface area contributed by atoms with Crippen LogP contribution in [-0.4, -0.2) is 39.6 Å². The number of hydrogen-bond acceptors (Lipinski definition) is 6. The lowest BCUT2D eigenvalue weighted by atomic mass is 9.66. The second kappa shape index (κ2) is 26.5. The molecule has 103 heavy (non-hydrogen) atoms. The standard InChI is InChI=1S/C95H78F2N2O4/c1-5-17-88-84(6-2)86-50-44-80(56-90(86)94(88,72-34-28-64-18-9-11-20-68(64)52-72)70-36-46-82(47-37-70)102-62-92(7-3)58-100-59-92)98(78-24-15-22-74(96)54-78)76-40-30-66(31-41-76)67-32-42-77(43-33-67)99(79-25-16-23-75(97)55-79)81-45-51-87-85-26-13-14-27-89(85)95(91(87)57-81,73-35-29-65-19-10-12-21-69(65)53-73)71-38-48-83(49-39-71)103-63-93(8-4)60-101-61-93/h5-6,9-57H,2,7-8,58-63H2,1,3-4H3/b17-5-. The molecule has 2 atom stereocenters. The number of ether oxygens (including phenoxy) is 4. The van der Waals surface area contributed by atoms with Crippen LogP contribution in [-0.2, 0) is 20.3 Å². The van der Waals surface area contributed by atoms with E-state index >= 15 is 8.78 Å². The summed E-state index contributed by atoms with van der Waals surface area (Å²) >= 11 is 0.